The predicted molar refractivity (Wildman–Crippen MR) is 71.6 cm³/mol. The lowest BCUT2D eigenvalue weighted by atomic mass is 10.2. The van der Waals surface area contributed by atoms with Crippen molar-refractivity contribution in [2.24, 2.45) is 0 Å². The summed E-state index contributed by atoms with van der Waals surface area (Å²) >= 11 is 2.03. The third kappa shape index (κ3) is 3.04. The highest BCUT2D eigenvalue weighted by atomic mass is 127. The molecular formula is C11H17IN2O2. The Labute approximate surface area is 109 Å². The molecule has 1 N–H and O–H groups in total. The largest absolute Gasteiger partial charge is 0.371 e. The van der Waals surface area contributed by atoms with E-state index in [0.717, 1.165) is 18.5 Å². The minimum atomic E-state index is -0.111. The number of aromatic amines is 1. The first-order chi connectivity index (χ1) is 7.63. The van der Waals surface area contributed by atoms with Crippen molar-refractivity contribution in [1.29, 1.82) is 0 Å². The summed E-state index contributed by atoms with van der Waals surface area (Å²) in [6, 6.07) is 0. The number of hydrogen-bond acceptors (Lipinski definition) is 3. The van der Waals surface area contributed by atoms with Crippen molar-refractivity contribution in [2.75, 3.05) is 6.61 Å². The van der Waals surface area contributed by atoms with Crippen molar-refractivity contribution in [3.05, 3.63) is 25.4 Å². The van der Waals surface area contributed by atoms with Crippen LogP contribution in [0.1, 0.15) is 44.8 Å². The van der Waals surface area contributed by atoms with Gasteiger partial charge in [-0.2, -0.15) is 0 Å². The van der Waals surface area contributed by atoms with E-state index in [2.05, 4.69) is 9.97 Å². The zero-order valence-corrected chi connectivity index (χ0v) is 12.0. The maximum atomic E-state index is 11.7. The second-order valence-electron chi connectivity index (χ2n) is 3.42. The van der Waals surface area contributed by atoms with Crippen LogP contribution in [0.3, 0.4) is 0 Å². The molecule has 1 rings (SSSR count). The van der Waals surface area contributed by atoms with E-state index >= 15 is 0 Å². The maximum Gasteiger partial charge on any atom is 0.264 e. The van der Waals surface area contributed by atoms with Crippen LogP contribution in [-0.4, -0.2) is 16.6 Å². The SMILES string of the molecule is CCOC(CC)c1nc(CC)c(I)c(=O)[nH]1. The molecule has 0 radical (unpaired) electrons. The van der Waals surface area contributed by atoms with Crippen LogP contribution in [0.5, 0.6) is 0 Å². The fourth-order valence-electron chi connectivity index (χ4n) is 1.50. The van der Waals surface area contributed by atoms with E-state index in [1.54, 1.807) is 0 Å². The normalized spacial score (nSPS) is 12.8. The van der Waals surface area contributed by atoms with Gasteiger partial charge in [0.05, 0.1) is 9.26 Å². The van der Waals surface area contributed by atoms with Crippen molar-refractivity contribution in [3.63, 3.8) is 0 Å². The van der Waals surface area contributed by atoms with E-state index in [1.807, 2.05) is 43.4 Å². The topological polar surface area (TPSA) is 55.0 Å². The Kier molecular flexibility index (Phi) is 5.40. The minimum Gasteiger partial charge on any atom is -0.371 e. The molecule has 1 heterocycles. The highest BCUT2D eigenvalue weighted by Crippen LogP contribution is 2.17. The van der Waals surface area contributed by atoms with E-state index in [1.165, 1.54) is 0 Å². The van der Waals surface area contributed by atoms with E-state index in [0.29, 0.717) is 16.0 Å². The number of ether oxygens (including phenoxy) is 1. The van der Waals surface area contributed by atoms with Crippen molar-refractivity contribution < 1.29 is 4.74 Å². The van der Waals surface area contributed by atoms with Gasteiger partial charge in [0, 0.05) is 6.61 Å². The molecule has 0 aliphatic carbocycles. The molecule has 90 valence electrons. The summed E-state index contributed by atoms with van der Waals surface area (Å²) in [6.45, 7) is 6.57. The number of nitrogens with one attached hydrogen (secondary N) is 1. The summed E-state index contributed by atoms with van der Waals surface area (Å²) in [4.78, 5) is 18.9. The van der Waals surface area contributed by atoms with Crippen LogP contribution in [0.4, 0.5) is 0 Å². The van der Waals surface area contributed by atoms with Crippen molar-refractivity contribution in [3.8, 4) is 0 Å². The van der Waals surface area contributed by atoms with Gasteiger partial charge in [0.1, 0.15) is 11.9 Å². The first kappa shape index (κ1) is 13.6. The molecule has 1 atom stereocenters. The smallest absolute Gasteiger partial charge is 0.264 e. The standard InChI is InChI=1S/C11H17IN2O2/c1-4-7-9(12)11(15)14-10(13-7)8(5-2)16-6-3/h8H,4-6H2,1-3H3,(H,13,14,15). The van der Waals surface area contributed by atoms with Crippen molar-refractivity contribution in [2.45, 2.75) is 39.7 Å². The fraction of sp³-hybridized carbons (Fsp3) is 0.636. The Morgan fingerprint density at radius 1 is 1.44 bits per heavy atom. The molecule has 0 amide bonds. The number of rotatable bonds is 5. The number of nitrogens with zero attached hydrogens (tertiary/aromatic N) is 1. The third-order valence-electron chi connectivity index (χ3n) is 2.33. The Bertz CT molecular complexity index is 403. The van der Waals surface area contributed by atoms with Crippen LogP contribution in [0, 0.1) is 3.57 Å². The molecule has 1 aromatic rings. The van der Waals surface area contributed by atoms with Crippen molar-refractivity contribution >= 4 is 22.6 Å². The number of aryl methyl sites for hydroxylation is 1. The highest BCUT2D eigenvalue weighted by molar-refractivity contribution is 14.1. The molecule has 0 aromatic carbocycles. The monoisotopic (exact) mass is 336 g/mol. The summed E-state index contributed by atoms with van der Waals surface area (Å²) in [7, 11) is 0. The molecule has 0 spiro atoms. The van der Waals surface area contributed by atoms with Gasteiger partial charge < -0.3 is 9.72 Å². The zero-order chi connectivity index (χ0) is 12.1. The average molecular weight is 336 g/mol. The van der Waals surface area contributed by atoms with Crippen LogP contribution in [0.2, 0.25) is 0 Å². The molecule has 0 bridgehead atoms. The second kappa shape index (κ2) is 6.34. The van der Waals surface area contributed by atoms with E-state index in [-0.39, 0.29) is 11.7 Å². The van der Waals surface area contributed by atoms with E-state index in [4.69, 9.17) is 4.74 Å². The van der Waals surface area contributed by atoms with Gasteiger partial charge in [-0.25, -0.2) is 4.98 Å². The first-order valence-corrected chi connectivity index (χ1v) is 6.62. The molecule has 0 aliphatic rings. The van der Waals surface area contributed by atoms with Gasteiger partial charge in [0.2, 0.25) is 0 Å². The van der Waals surface area contributed by atoms with Crippen molar-refractivity contribution in [1.82, 2.24) is 9.97 Å². The van der Waals surface area contributed by atoms with Gasteiger partial charge in [0.15, 0.2) is 0 Å². The van der Waals surface area contributed by atoms with Crippen LogP contribution in [0.25, 0.3) is 0 Å². The number of halogens is 1. The number of aromatic nitrogens is 2. The summed E-state index contributed by atoms with van der Waals surface area (Å²) in [5, 5.41) is 0. The Morgan fingerprint density at radius 3 is 2.62 bits per heavy atom. The predicted octanol–water partition coefficient (Wildman–Crippen LogP) is 2.42. The van der Waals surface area contributed by atoms with E-state index < -0.39 is 0 Å². The van der Waals surface area contributed by atoms with Gasteiger partial charge in [0.25, 0.3) is 5.56 Å². The molecule has 16 heavy (non-hydrogen) atoms. The van der Waals surface area contributed by atoms with Gasteiger partial charge in [-0.05, 0) is 42.4 Å². The van der Waals surface area contributed by atoms with E-state index in [9.17, 15) is 4.79 Å². The van der Waals surface area contributed by atoms with Crippen LogP contribution >= 0.6 is 22.6 Å². The minimum absolute atomic E-state index is 0.0689. The zero-order valence-electron chi connectivity index (χ0n) is 9.84. The molecule has 0 aliphatic heterocycles. The Balaban J connectivity index is 3.14. The van der Waals surface area contributed by atoms with Crippen LogP contribution in [-0.2, 0) is 11.2 Å². The quantitative estimate of drug-likeness (QED) is 0.841. The first-order valence-electron chi connectivity index (χ1n) is 5.54. The number of H-pyrrole nitrogens is 1. The molecule has 0 saturated carbocycles. The third-order valence-corrected chi connectivity index (χ3v) is 3.44. The molecule has 1 unspecified atom stereocenters. The van der Waals surface area contributed by atoms with Gasteiger partial charge in [-0.15, -0.1) is 0 Å². The molecular weight excluding hydrogens is 319 g/mol. The number of hydrogen-bond donors (Lipinski definition) is 1. The lowest BCUT2D eigenvalue weighted by Crippen LogP contribution is -2.20. The summed E-state index contributed by atoms with van der Waals surface area (Å²) < 4.78 is 6.21. The Morgan fingerprint density at radius 2 is 2.12 bits per heavy atom. The average Bonchev–Trinajstić information content (AvgIpc) is 2.29. The fourth-order valence-corrected chi connectivity index (χ4v) is 2.14. The Hall–Kier alpha value is -0.430. The summed E-state index contributed by atoms with van der Waals surface area (Å²) in [5.74, 6) is 0.645. The van der Waals surface area contributed by atoms with Gasteiger partial charge >= 0.3 is 0 Å². The lowest BCUT2D eigenvalue weighted by Gasteiger charge is -2.15. The summed E-state index contributed by atoms with van der Waals surface area (Å²) in [6.07, 6.45) is 1.46. The van der Waals surface area contributed by atoms with Gasteiger partial charge in [-0.1, -0.05) is 13.8 Å². The second-order valence-corrected chi connectivity index (χ2v) is 4.50. The van der Waals surface area contributed by atoms with Crippen LogP contribution in [0.15, 0.2) is 4.79 Å². The molecule has 1 aromatic heterocycles. The maximum absolute atomic E-state index is 11.7. The summed E-state index contributed by atoms with van der Waals surface area (Å²) in [5.41, 5.74) is 0.776. The van der Waals surface area contributed by atoms with Gasteiger partial charge in [-0.3, -0.25) is 4.79 Å². The molecule has 5 heteroatoms. The highest BCUT2D eigenvalue weighted by Gasteiger charge is 2.15. The molecule has 4 nitrogen and oxygen atoms in total. The molecule has 0 saturated heterocycles. The van der Waals surface area contributed by atoms with Crippen LogP contribution < -0.4 is 5.56 Å². The molecule has 0 fully saturated rings. The lowest BCUT2D eigenvalue weighted by molar-refractivity contribution is 0.0531.